The molecule has 0 aliphatic heterocycles. The highest BCUT2D eigenvalue weighted by Gasteiger charge is 2.05. The number of para-hydroxylation sites is 1. The van der Waals surface area contributed by atoms with E-state index in [1.54, 1.807) is 0 Å². The van der Waals surface area contributed by atoms with Crippen LogP contribution < -0.4 is 0 Å². The molecule has 19 heavy (non-hydrogen) atoms. The third-order valence-corrected chi connectivity index (χ3v) is 3.70. The molecule has 0 atom stereocenters. The maximum atomic E-state index is 11.1. The number of nitrogens with zero attached hydrogens (tertiary/aromatic N) is 1. The van der Waals surface area contributed by atoms with E-state index < -0.39 is 0 Å². The first-order chi connectivity index (χ1) is 9.36. The second kappa shape index (κ2) is 7.13. The van der Waals surface area contributed by atoms with Crippen LogP contribution in [0.5, 0.6) is 0 Å². The van der Waals surface area contributed by atoms with Crippen molar-refractivity contribution < 1.29 is 4.79 Å². The molecule has 0 amide bonds. The van der Waals surface area contributed by atoms with Crippen molar-refractivity contribution in [2.45, 2.75) is 52.0 Å². The predicted octanol–water partition coefficient (Wildman–Crippen LogP) is 4.81. The van der Waals surface area contributed by atoms with E-state index in [0.717, 1.165) is 29.3 Å². The monoisotopic (exact) mass is 257 g/mol. The predicted molar refractivity (Wildman–Crippen MR) is 80.7 cm³/mol. The van der Waals surface area contributed by atoms with E-state index >= 15 is 0 Å². The molecule has 0 radical (unpaired) electrons. The van der Waals surface area contributed by atoms with Crippen molar-refractivity contribution in [2.24, 2.45) is 0 Å². The lowest BCUT2D eigenvalue weighted by molar-refractivity contribution is 0.112. The Morgan fingerprint density at radius 1 is 1.05 bits per heavy atom. The summed E-state index contributed by atoms with van der Waals surface area (Å²) in [6.45, 7) is 3.26. The van der Waals surface area contributed by atoms with Gasteiger partial charge < -0.3 is 4.57 Å². The number of rotatable bonds is 8. The van der Waals surface area contributed by atoms with E-state index in [4.69, 9.17) is 0 Å². The van der Waals surface area contributed by atoms with Gasteiger partial charge in [0.25, 0.3) is 0 Å². The molecular weight excluding hydrogens is 234 g/mol. The van der Waals surface area contributed by atoms with Crippen molar-refractivity contribution in [2.75, 3.05) is 0 Å². The minimum atomic E-state index is 0.800. The van der Waals surface area contributed by atoms with E-state index in [1.165, 1.54) is 38.5 Å². The number of unbranched alkanes of at least 4 members (excludes halogenated alkanes) is 5. The van der Waals surface area contributed by atoms with Gasteiger partial charge in [0.2, 0.25) is 0 Å². The van der Waals surface area contributed by atoms with Crippen molar-refractivity contribution in [1.82, 2.24) is 4.57 Å². The lowest BCUT2D eigenvalue weighted by Crippen LogP contribution is -1.98. The molecule has 0 unspecified atom stereocenters. The third kappa shape index (κ3) is 3.46. The number of aldehydes is 1. The van der Waals surface area contributed by atoms with Crippen LogP contribution in [-0.4, -0.2) is 10.9 Å². The minimum absolute atomic E-state index is 0.800. The first-order valence-corrected chi connectivity index (χ1v) is 7.40. The van der Waals surface area contributed by atoms with E-state index in [2.05, 4.69) is 29.8 Å². The molecular formula is C17H23NO. The largest absolute Gasteiger partial charge is 0.347 e. The maximum absolute atomic E-state index is 11.1. The molecule has 0 spiro atoms. The van der Waals surface area contributed by atoms with Crippen LogP contribution in [0.2, 0.25) is 0 Å². The number of aryl methyl sites for hydroxylation is 1. The molecule has 1 aromatic heterocycles. The summed E-state index contributed by atoms with van der Waals surface area (Å²) in [4.78, 5) is 11.1. The minimum Gasteiger partial charge on any atom is -0.347 e. The van der Waals surface area contributed by atoms with Gasteiger partial charge in [-0.3, -0.25) is 4.79 Å². The zero-order valence-corrected chi connectivity index (χ0v) is 11.8. The van der Waals surface area contributed by atoms with E-state index in [9.17, 15) is 4.79 Å². The summed E-state index contributed by atoms with van der Waals surface area (Å²) in [6.07, 6.45) is 10.9. The highest BCUT2D eigenvalue weighted by molar-refractivity contribution is 5.96. The fraction of sp³-hybridized carbons (Fsp3) is 0.471. The molecule has 0 fully saturated rings. The lowest BCUT2D eigenvalue weighted by atomic mass is 10.1. The van der Waals surface area contributed by atoms with Gasteiger partial charge in [0.15, 0.2) is 6.29 Å². The summed E-state index contributed by atoms with van der Waals surface area (Å²) in [6, 6.07) is 8.01. The normalized spacial score (nSPS) is 11.0. The third-order valence-electron chi connectivity index (χ3n) is 3.70. The number of benzene rings is 1. The number of aromatic nitrogens is 1. The van der Waals surface area contributed by atoms with Crippen molar-refractivity contribution in [3.63, 3.8) is 0 Å². The first kappa shape index (κ1) is 13.9. The molecule has 0 saturated carbocycles. The summed E-state index contributed by atoms with van der Waals surface area (Å²) in [5.41, 5.74) is 1.89. The Labute approximate surface area is 115 Å². The Bertz CT molecular complexity index is 527. The fourth-order valence-electron chi connectivity index (χ4n) is 2.63. The molecule has 102 valence electrons. The molecule has 2 rings (SSSR count). The van der Waals surface area contributed by atoms with Crippen LogP contribution in [0.1, 0.15) is 55.8 Å². The van der Waals surface area contributed by atoms with Gasteiger partial charge in [0.1, 0.15) is 0 Å². The molecule has 0 aliphatic rings. The highest BCUT2D eigenvalue weighted by Crippen LogP contribution is 2.20. The topological polar surface area (TPSA) is 22.0 Å². The second-order valence-electron chi connectivity index (χ2n) is 5.18. The van der Waals surface area contributed by atoms with Crippen molar-refractivity contribution in [3.05, 3.63) is 36.0 Å². The first-order valence-electron chi connectivity index (χ1n) is 7.40. The van der Waals surface area contributed by atoms with Gasteiger partial charge in [-0.2, -0.15) is 0 Å². The smallest absolute Gasteiger partial charge is 0.152 e. The molecule has 1 aromatic carbocycles. The van der Waals surface area contributed by atoms with Gasteiger partial charge in [-0.15, -0.1) is 0 Å². The Morgan fingerprint density at radius 3 is 2.63 bits per heavy atom. The number of hydrogen-bond acceptors (Lipinski definition) is 1. The maximum Gasteiger partial charge on any atom is 0.152 e. The van der Waals surface area contributed by atoms with Crippen LogP contribution in [0.15, 0.2) is 30.5 Å². The summed E-state index contributed by atoms with van der Waals surface area (Å²) in [5.74, 6) is 0. The quantitative estimate of drug-likeness (QED) is 0.491. The average molecular weight is 257 g/mol. The Kier molecular flexibility index (Phi) is 5.20. The van der Waals surface area contributed by atoms with E-state index in [0.29, 0.717) is 0 Å². The summed E-state index contributed by atoms with van der Waals surface area (Å²) in [5, 5.41) is 1.16. The van der Waals surface area contributed by atoms with Crippen molar-refractivity contribution in [1.29, 1.82) is 0 Å². The van der Waals surface area contributed by atoms with Crippen LogP contribution in [0, 0.1) is 0 Å². The second-order valence-corrected chi connectivity index (χ2v) is 5.18. The fourth-order valence-corrected chi connectivity index (χ4v) is 2.63. The standard InChI is InChI=1S/C17H23NO/c1-2-3-4-5-6-7-12-18-13-11-15-9-8-10-16(14-19)17(15)18/h8-11,13-14H,2-7,12H2,1H3. The van der Waals surface area contributed by atoms with Crippen molar-refractivity contribution >= 4 is 17.2 Å². The number of carbonyl (C=O) groups excluding carboxylic acids is 1. The molecule has 2 nitrogen and oxygen atoms in total. The number of fused-ring (bicyclic) bond motifs is 1. The SMILES string of the molecule is CCCCCCCCn1ccc2cccc(C=O)c21. The van der Waals surface area contributed by atoms with Crippen LogP contribution in [0.25, 0.3) is 10.9 Å². The molecule has 1 heterocycles. The van der Waals surface area contributed by atoms with Gasteiger partial charge >= 0.3 is 0 Å². The summed E-state index contributed by atoms with van der Waals surface area (Å²) < 4.78 is 2.22. The average Bonchev–Trinajstić information content (AvgIpc) is 2.86. The zero-order valence-electron chi connectivity index (χ0n) is 11.8. The summed E-state index contributed by atoms with van der Waals surface area (Å²) >= 11 is 0. The highest BCUT2D eigenvalue weighted by atomic mass is 16.1. The summed E-state index contributed by atoms with van der Waals surface area (Å²) in [7, 11) is 0. The zero-order chi connectivity index (χ0) is 13.5. The Hall–Kier alpha value is -1.57. The molecule has 2 aromatic rings. The van der Waals surface area contributed by atoms with Gasteiger partial charge in [-0.05, 0) is 18.6 Å². The van der Waals surface area contributed by atoms with Gasteiger partial charge in [-0.25, -0.2) is 0 Å². The van der Waals surface area contributed by atoms with Gasteiger partial charge in [0, 0.05) is 23.7 Å². The number of carbonyl (C=O) groups is 1. The van der Waals surface area contributed by atoms with E-state index in [-0.39, 0.29) is 0 Å². The molecule has 0 saturated heterocycles. The Morgan fingerprint density at radius 2 is 1.84 bits per heavy atom. The molecule has 0 aliphatic carbocycles. The lowest BCUT2D eigenvalue weighted by Gasteiger charge is -2.07. The van der Waals surface area contributed by atoms with Crippen LogP contribution in [0.3, 0.4) is 0 Å². The van der Waals surface area contributed by atoms with E-state index in [1.807, 2.05) is 12.1 Å². The van der Waals surface area contributed by atoms with Crippen LogP contribution in [-0.2, 0) is 6.54 Å². The van der Waals surface area contributed by atoms with Crippen LogP contribution in [0.4, 0.5) is 0 Å². The Balaban J connectivity index is 1.95. The van der Waals surface area contributed by atoms with Crippen molar-refractivity contribution in [3.8, 4) is 0 Å². The van der Waals surface area contributed by atoms with Crippen LogP contribution >= 0.6 is 0 Å². The van der Waals surface area contributed by atoms with Gasteiger partial charge in [0.05, 0.1) is 5.52 Å². The molecule has 0 bridgehead atoms. The molecule has 0 N–H and O–H groups in total. The number of hydrogen-bond donors (Lipinski definition) is 0. The molecule has 2 heteroatoms. The van der Waals surface area contributed by atoms with Gasteiger partial charge in [-0.1, -0.05) is 51.2 Å².